The van der Waals surface area contributed by atoms with Crippen LogP contribution in [-0.2, 0) is 13.2 Å². The molecule has 1 atom stereocenters. The van der Waals surface area contributed by atoms with Gasteiger partial charge in [0.15, 0.2) is 0 Å². The SMILES string of the molecule is CCSC(SCC)[C@@H]1CCCN1C(=O)c1cc(CO)c(OCCCn2c3ccccc3c3ccccc32)cc1[N+](=O)[O-]. The Morgan fingerprint density at radius 1 is 1.07 bits per heavy atom. The highest BCUT2D eigenvalue weighted by Crippen LogP contribution is 2.38. The van der Waals surface area contributed by atoms with Crippen LogP contribution in [0.15, 0.2) is 60.7 Å². The van der Waals surface area contributed by atoms with Gasteiger partial charge in [-0.1, -0.05) is 50.2 Å². The number of hydrogen-bond acceptors (Lipinski definition) is 7. The standard InChI is InChI=1S/C32H37N3O5S2/c1-3-41-32(42-4-2)28-15-9-16-34(28)31(37)25-19-22(21-36)30(20-29(25)35(38)39)40-18-10-17-33-26-13-7-5-11-23(26)24-12-6-8-14-27(24)33/h5-8,11-14,19-20,28,32,36H,3-4,9-10,15-18,21H2,1-2H3/t28-/m0/s1. The summed E-state index contributed by atoms with van der Waals surface area (Å²) < 4.78 is 8.50. The minimum Gasteiger partial charge on any atom is -0.493 e. The number of aliphatic hydroxyl groups excluding tert-OH is 1. The highest BCUT2D eigenvalue weighted by atomic mass is 32.2. The maximum absolute atomic E-state index is 13.8. The summed E-state index contributed by atoms with van der Waals surface area (Å²) in [5.41, 5.74) is 2.38. The number of likely N-dealkylation sites (tertiary alicyclic amines) is 1. The van der Waals surface area contributed by atoms with Crippen molar-refractivity contribution >= 4 is 56.9 Å². The van der Waals surface area contributed by atoms with Gasteiger partial charge >= 0.3 is 0 Å². The molecule has 222 valence electrons. The second-order valence-electron chi connectivity index (χ2n) is 10.3. The van der Waals surface area contributed by atoms with Gasteiger partial charge in [-0.15, -0.1) is 23.5 Å². The van der Waals surface area contributed by atoms with Gasteiger partial charge in [-0.3, -0.25) is 14.9 Å². The number of rotatable bonds is 13. The lowest BCUT2D eigenvalue weighted by molar-refractivity contribution is -0.385. The van der Waals surface area contributed by atoms with Crippen molar-refractivity contribution in [2.75, 3.05) is 24.7 Å². The van der Waals surface area contributed by atoms with Crippen LogP contribution < -0.4 is 4.74 Å². The molecule has 4 aromatic rings. The first-order valence-corrected chi connectivity index (χ1v) is 16.6. The van der Waals surface area contributed by atoms with Crippen molar-refractivity contribution in [1.82, 2.24) is 9.47 Å². The number of amides is 1. The average molecular weight is 608 g/mol. The predicted octanol–water partition coefficient (Wildman–Crippen LogP) is 7.10. The van der Waals surface area contributed by atoms with Crippen LogP contribution in [0.1, 0.15) is 49.0 Å². The van der Waals surface area contributed by atoms with E-state index in [0.29, 0.717) is 31.7 Å². The second kappa shape index (κ2) is 13.8. The minimum absolute atomic E-state index is 0.00956. The fraction of sp³-hybridized carbons (Fsp3) is 0.406. The molecule has 5 rings (SSSR count). The lowest BCUT2D eigenvalue weighted by Crippen LogP contribution is -2.41. The third-order valence-electron chi connectivity index (χ3n) is 7.78. The first-order valence-electron chi connectivity index (χ1n) is 14.5. The molecule has 1 fully saturated rings. The zero-order valence-corrected chi connectivity index (χ0v) is 25.7. The fourth-order valence-electron chi connectivity index (χ4n) is 5.92. The van der Waals surface area contributed by atoms with Gasteiger partial charge in [0, 0.05) is 40.5 Å². The van der Waals surface area contributed by atoms with E-state index >= 15 is 0 Å². The normalized spacial score (nSPS) is 15.2. The van der Waals surface area contributed by atoms with Crippen LogP contribution in [0, 0.1) is 10.1 Å². The Morgan fingerprint density at radius 3 is 2.31 bits per heavy atom. The summed E-state index contributed by atoms with van der Waals surface area (Å²) >= 11 is 3.64. The summed E-state index contributed by atoms with van der Waals surface area (Å²) in [6.45, 7) is 5.40. The van der Waals surface area contributed by atoms with Crippen LogP contribution in [0.5, 0.6) is 5.75 Å². The van der Waals surface area contributed by atoms with Crippen molar-refractivity contribution in [3.8, 4) is 5.75 Å². The maximum atomic E-state index is 13.8. The molecule has 0 bridgehead atoms. The number of aryl methyl sites for hydroxylation is 1. The number of carbonyl (C=O) groups excluding carboxylic acids is 1. The van der Waals surface area contributed by atoms with E-state index in [1.54, 1.807) is 4.90 Å². The lowest BCUT2D eigenvalue weighted by atomic mass is 10.1. The molecule has 0 spiro atoms. The highest BCUT2D eigenvalue weighted by molar-refractivity contribution is 8.17. The Labute approximate surface area is 254 Å². The molecule has 2 heterocycles. The number of nitro groups is 1. The van der Waals surface area contributed by atoms with E-state index in [4.69, 9.17) is 4.74 Å². The second-order valence-corrected chi connectivity index (χ2v) is 13.4. The van der Waals surface area contributed by atoms with Crippen LogP contribution in [0.4, 0.5) is 5.69 Å². The van der Waals surface area contributed by atoms with Crippen molar-refractivity contribution in [1.29, 1.82) is 0 Å². The summed E-state index contributed by atoms with van der Waals surface area (Å²) in [6, 6.07) is 19.4. The Hall–Kier alpha value is -3.21. The number of nitro benzene ring substituents is 1. The average Bonchev–Trinajstić information content (AvgIpc) is 3.62. The zero-order chi connectivity index (χ0) is 29.6. The summed E-state index contributed by atoms with van der Waals surface area (Å²) in [5, 5.41) is 24.7. The summed E-state index contributed by atoms with van der Waals surface area (Å²) in [7, 11) is 0. The molecule has 1 aliphatic rings. The Kier molecular flexibility index (Phi) is 9.97. The van der Waals surface area contributed by atoms with E-state index in [1.165, 1.54) is 22.9 Å². The number of thioether (sulfide) groups is 2. The minimum atomic E-state index is -0.524. The largest absolute Gasteiger partial charge is 0.493 e. The quantitative estimate of drug-likeness (QED) is 0.0749. The van der Waals surface area contributed by atoms with E-state index in [-0.39, 0.29) is 40.1 Å². The molecule has 3 aromatic carbocycles. The lowest BCUT2D eigenvalue weighted by Gasteiger charge is -2.31. The van der Waals surface area contributed by atoms with Gasteiger partial charge in [0.25, 0.3) is 11.6 Å². The van der Waals surface area contributed by atoms with Crippen LogP contribution in [0.2, 0.25) is 0 Å². The number of aliphatic hydroxyl groups is 1. The van der Waals surface area contributed by atoms with Crippen molar-refractivity contribution < 1.29 is 19.6 Å². The van der Waals surface area contributed by atoms with E-state index in [1.807, 2.05) is 47.8 Å². The molecule has 1 N–H and O–H groups in total. The number of hydrogen-bond donors (Lipinski definition) is 1. The molecular weight excluding hydrogens is 571 g/mol. The number of nitrogens with zero attached hydrogens (tertiary/aromatic N) is 3. The molecule has 10 heteroatoms. The van der Waals surface area contributed by atoms with Crippen molar-refractivity contribution in [3.63, 3.8) is 0 Å². The van der Waals surface area contributed by atoms with Crippen LogP contribution in [0.3, 0.4) is 0 Å². The molecule has 1 amide bonds. The van der Waals surface area contributed by atoms with Gasteiger partial charge < -0.3 is 19.3 Å². The zero-order valence-electron chi connectivity index (χ0n) is 24.0. The van der Waals surface area contributed by atoms with Gasteiger partial charge in [-0.05, 0) is 49.0 Å². The van der Waals surface area contributed by atoms with Gasteiger partial charge in [-0.25, -0.2) is 0 Å². The monoisotopic (exact) mass is 607 g/mol. The van der Waals surface area contributed by atoms with E-state index < -0.39 is 4.92 Å². The van der Waals surface area contributed by atoms with Gasteiger partial charge in [0.05, 0.1) is 34.8 Å². The van der Waals surface area contributed by atoms with Gasteiger partial charge in [0.2, 0.25) is 0 Å². The summed E-state index contributed by atoms with van der Waals surface area (Å²) in [6.07, 6.45) is 2.41. The number of carbonyl (C=O) groups is 1. The number of para-hydroxylation sites is 2. The summed E-state index contributed by atoms with van der Waals surface area (Å²) in [4.78, 5) is 27.2. The first kappa shape index (κ1) is 30.3. The number of ether oxygens (including phenoxy) is 1. The summed E-state index contributed by atoms with van der Waals surface area (Å²) in [5.74, 6) is 1.76. The smallest absolute Gasteiger partial charge is 0.285 e. The third-order valence-corrected chi connectivity index (χ3v) is 10.5. The van der Waals surface area contributed by atoms with Crippen LogP contribution >= 0.6 is 23.5 Å². The number of fused-ring (bicyclic) bond motifs is 3. The number of benzene rings is 3. The van der Waals surface area contributed by atoms with Gasteiger partial charge in [0.1, 0.15) is 11.3 Å². The maximum Gasteiger partial charge on any atom is 0.285 e. The van der Waals surface area contributed by atoms with Crippen LogP contribution in [0.25, 0.3) is 21.8 Å². The fourth-order valence-corrected chi connectivity index (χ4v) is 8.79. The molecule has 0 unspecified atom stereocenters. The van der Waals surface area contributed by atoms with E-state index in [9.17, 15) is 20.0 Å². The Balaban J connectivity index is 1.34. The molecule has 0 aliphatic carbocycles. The first-order chi connectivity index (χ1) is 20.5. The van der Waals surface area contributed by atoms with Crippen molar-refractivity contribution in [3.05, 3.63) is 81.9 Å². The highest BCUT2D eigenvalue weighted by Gasteiger charge is 2.38. The number of aromatic nitrogens is 1. The van der Waals surface area contributed by atoms with E-state index in [0.717, 1.165) is 35.4 Å². The molecule has 1 aliphatic heterocycles. The topological polar surface area (TPSA) is 97.8 Å². The van der Waals surface area contributed by atoms with Crippen molar-refractivity contribution in [2.45, 2.75) is 56.9 Å². The van der Waals surface area contributed by atoms with Gasteiger partial charge in [-0.2, -0.15) is 0 Å². The Bertz CT molecular complexity index is 1510. The van der Waals surface area contributed by atoms with Crippen LogP contribution in [-0.4, -0.2) is 60.7 Å². The Morgan fingerprint density at radius 2 is 1.71 bits per heavy atom. The molecule has 8 nitrogen and oxygen atoms in total. The van der Waals surface area contributed by atoms with Crippen molar-refractivity contribution in [2.24, 2.45) is 0 Å². The molecule has 0 radical (unpaired) electrons. The molecule has 1 aromatic heterocycles. The molecule has 42 heavy (non-hydrogen) atoms. The molecular formula is C32H37N3O5S2. The third kappa shape index (κ3) is 6.11. The van der Waals surface area contributed by atoms with E-state index in [2.05, 4.69) is 42.7 Å². The molecule has 1 saturated heterocycles. The predicted molar refractivity (Wildman–Crippen MR) is 173 cm³/mol. The molecule has 0 saturated carbocycles.